The predicted octanol–water partition coefficient (Wildman–Crippen LogP) is 2.09. The number of amides is 1. The van der Waals surface area contributed by atoms with Gasteiger partial charge in [0.25, 0.3) is 5.56 Å². The van der Waals surface area contributed by atoms with Crippen molar-refractivity contribution < 1.29 is 9.18 Å². The van der Waals surface area contributed by atoms with Crippen molar-refractivity contribution in [2.75, 3.05) is 13.1 Å². The number of benzene rings is 1. The Morgan fingerprint density at radius 1 is 1.33 bits per heavy atom. The highest BCUT2D eigenvalue weighted by atomic mass is 19.1. The van der Waals surface area contributed by atoms with Crippen LogP contribution in [0.2, 0.25) is 0 Å². The van der Waals surface area contributed by atoms with Gasteiger partial charge in [0.15, 0.2) is 0 Å². The Morgan fingerprint density at radius 2 is 2.12 bits per heavy atom. The molecule has 2 N–H and O–H groups in total. The predicted molar refractivity (Wildman–Crippen MR) is 89.4 cm³/mol. The van der Waals surface area contributed by atoms with Gasteiger partial charge in [0, 0.05) is 24.3 Å². The van der Waals surface area contributed by atoms with Crippen molar-refractivity contribution in [1.29, 1.82) is 0 Å². The molecular formula is C18H22FN3O2. The molecule has 5 nitrogen and oxygen atoms in total. The number of carbonyl (C=O) groups excluding carboxylic acids is 1. The van der Waals surface area contributed by atoms with Crippen LogP contribution in [0.1, 0.15) is 28.8 Å². The largest absolute Gasteiger partial charge is 0.342 e. The van der Waals surface area contributed by atoms with Gasteiger partial charge in [-0.1, -0.05) is 12.1 Å². The van der Waals surface area contributed by atoms with E-state index in [1.165, 1.54) is 0 Å². The fourth-order valence-electron chi connectivity index (χ4n) is 3.27. The molecule has 1 aromatic carbocycles. The molecule has 0 spiro atoms. The zero-order valence-electron chi connectivity index (χ0n) is 14.0. The Kier molecular flexibility index (Phi) is 4.55. The molecule has 128 valence electrons. The molecule has 2 aromatic rings. The lowest BCUT2D eigenvalue weighted by atomic mass is 9.98. The van der Waals surface area contributed by atoms with Gasteiger partial charge >= 0.3 is 0 Å². The summed E-state index contributed by atoms with van der Waals surface area (Å²) in [6, 6.07) is 5.33. The number of likely N-dealkylation sites (tertiary alicyclic amines) is 1. The molecule has 0 bridgehead atoms. The standard InChI is InChI=1S/C18H22FN3O2/c1-11-3-4-13(8-16(11)19)7-14-5-6-22(10-14)17(23)9-15-12(2)20-21-18(15)24/h3-4,8,14H,5-7,9-10H2,1-2H3,(H2,20,21,24). The number of hydrogen-bond acceptors (Lipinski definition) is 2. The maximum absolute atomic E-state index is 13.6. The average Bonchev–Trinajstić information content (AvgIpc) is 3.13. The fraction of sp³-hybridized carbons (Fsp3) is 0.444. The van der Waals surface area contributed by atoms with Crippen molar-refractivity contribution in [1.82, 2.24) is 15.1 Å². The van der Waals surface area contributed by atoms with E-state index in [0.717, 1.165) is 18.4 Å². The maximum Gasteiger partial charge on any atom is 0.267 e. The number of nitrogens with zero attached hydrogens (tertiary/aromatic N) is 1. The number of nitrogens with one attached hydrogen (secondary N) is 2. The summed E-state index contributed by atoms with van der Waals surface area (Å²) >= 11 is 0. The van der Waals surface area contributed by atoms with E-state index in [-0.39, 0.29) is 23.7 Å². The van der Waals surface area contributed by atoms with Gasteiger partial charge < -0.3 is 10.00 Å². The fourth-order valence-corrected chi connectivity index (χ4v) is 3.27. The Hall–Kier alpha value is -2.37. The molecule has 2 heterocycles. The van der Waals surface area contributed by atoms with Crippen molar-refractivity contribution in [3.8, 4) is 0 Å². The quantitative estimate of drug-likeness (QED) is 0.901. The number of halogens is 1. The molecule has 24 heavy (non-hydrogen) atoms. The van der Waals surface area contributed by atoms with Crippen LogP contribution in [-0.4, -0.2) is 34.1 Å². The van der Waals surface area contributed by atoms with Crippen LogP contribution in [0.15, 0.2) is 23.0 Å². The van der Waals surface area contributed by atoms with Crippen LogP contribution in [0.4, 0.5) is 4.39 Å². The summed E-state index contributed by atoms with van der Waals surface area (Å²) in [4.78, 5) is 25.9. The van der Waals surface area contributed by atoms with Crippen LogP contribution in [-0.2, 0) is 17.6 Å². The first-order chi connectivity index (χ1) is 11.4. The van der Waals surface area contributed by atoms with Crippen LogP contribution in [0, 0.1) is 25.6 Å². The van der Waals surface area contributed by atoms with Crippen LogP contribution in [0.5, 0.6) is 0 Å². The van der Waals surface area contributed by atoms with Crippen molar-refractivity contribution in [3.05, 3.63) is 56.8 Å². The SMILES string of the molecule is Cc1ccc(CC2CCN(C(=O)Cc3c(C)[nH][nH]c3=O)C2)cc1F. The smallest absolute Gasteiger partial charge is 0.267 e. The summed E-state index contributed by atoms with van der Waals surface area (Å²) in [6.07, 6.45) is 1.80. The maximum atomic E-state index is 13.6. The van der Waals surface area contributed by atoms with Crippen molar-refractivity contribution in [3.63, 3.8) is 0 Å². The number of rotatable bonds is 4. The summed E-state index contributed by atoms with van der Waals surface area (Å²) < 4.78 is 13.6. The molecule has 1 aromatic heterocycles. The number of H-pyrrole nitrogens is 2. The molecule has 3 rings (SSSR count). The van der Waals surface area contributed by atoms with Crippen molar-refractivity contribution in [2.24, 2.45) is 5.92 Å². The normalized spacial score (nSPS) is 17.5. The Balaban J connectivity index is 1.59. The van der Waals surface area contributed by atoms with Gasteiger partial charge in [0.05, 0.1) is 6.42 Å². The number of aromatic nitrogens is 2. The molecule has 0 radical (unpaired) electrons. The van der Waals surface area contributed by atoms with E-state index in [4.69, 9.17) is 0 Å². The Labute approximate surface area is 139 Å². The minimum Gasteiger partial charge on any atom is -0.342 e. The molecule has 6 heteroatoms. The third-order valence-corrected chi connectivity index (χ3v) is 4.82. The molecular weight excluding hydrogens is 309 g/mol. The minimum absolute atomic E-state index is 0.0270. The van der Waals surface area contributed by atoms with Crippen LogP contribution < -0.4 is 5.56 Å². The number of aryl methyl sites for hydroxylation is 2. The molecule has 1 aliphatic heterocycles. The molecule has 1 unspecified atom stereocenters. The first kappa shape index (κ1) is 16.5. The van der Waals surface area contributed by atoms with Gasteiger partial charge in [0.1, 0.15) is 5.82 Å². The third-order valence-electron chi connectivity index (χ3n) is 4.82. The summed E-state index contributed by atoms with van der Waals surface area (Å²) in [6.45, 7) is 4.88. The summed E-state index contributed by atoms with van der Waals surface area (Å²) in [5.41, 5.74) is 2.60. The van der Waals surface area contributed by atoms with Crippen molar-refractivity contribution >= 4 is 5.91 Å². The highest BCUT2D eigenvalue weighted by molar-refractivity contribution is 5.79. The molecule has 1 atom stereocenters. The van der Waals surface area contributed by atoms with Crippen LogP contribution >= 0.6 is 0 Å². The van der Waals surface area contributed by atoms with Gasteiger partial charge in [-0.05, 0) is 49.8 Å². The second-order valence-electron chi connectivity index (χ2n) is 6.64. The molecule has 0 saturated carbocycles. The lowest BCUT2D eigenvalue weighted by molar-refractivity contribution is -0.129. The molecule has 1 fully saturated rings. The average molecular weight is 331 g/mol. The summed E-state index contributed by atoms with van der Waals surface area (Å²) in [5, 5.41) is 5.24. The van der Waals surface area contributed by atoms with E-state index in [1.807, 2.05) is 6.07 Å². The van der Waals surface area contributed by atoms with E-state index >= 15 is 0 Å². The van der Waals surface area contributed by atoms with Crippen LogP contribution in [0.25, 0.3) is 0 Å². The third kappa shape index (κ3) is 3.42. The molecule has 0 aliphatic carbocycles. The first-order valence-corrected chi connectivity index (χ1v) is 8.23. The Bertz CT molecular complexity index is 809. The summed E-state index contributed by atoms with van der Waals surface area (Å²) in [7, 11) is 0. The van der Waals surface area contributed by atoms with Gasteiger partial charge in [-0.25, -0.2) is 4.39 Å². The number of hydrogen-bond donors (Lipinski definition) is 2. The molecule has 1 saturated heterocycles. The lowest BCUT2D eigenvalue weighted by Gasteiger charge is -2.16. The van der Waals surface area contributed by atoms with E-state index in [1.54, 1.807) is 30.9 Å². The van der Waals surface area contributed by atoms with E-state index in [2.05, 4.69) is 10.2 Å². The van der Waals surface area contributed by atoms with Gasteiger partial charge in [-0.3, -0.25) is 14.7 Å². The lowest BCUT2D eigenvalue weighted by Crippen LogP contribution is -2.31. The van der Waals surface area contributed by atoms with Gasteiger partial charge in [-0.15, -0.1) is 0 Å². The van der Waals surface area contributed by atoms with E-state index < -0.39 is 0 Å². The first-order valence-electron chi connectivity index (χ1n) is 8.23. The van der Waals surface area contributed by atoms with Gasteiger partial charge in [0.2, 0.25) is 5.91 Å². The van der Waals surface area contributed by atoms with Crippen LogP contribution in [0.3, 0.4) is 0 Å². The summed E-state index contributed by atoms with van der Waals surface area (Å²) in [5.74, 6) is 0.128. The number of carbonyl (C=O) groups is 1. The highest BCUT2D eigenvalue weighted by Crippen LogP contribution is 2.22. The van der Waals surface area contributed by atoms with E-state index in [0.29, 0.717) is 35.8 Å². The van der Waals surface area contributed by atoms with E-state index in [9.17, 15) is 14.0 Å². The monoisotopic (exact) mass is 331 g/mol. The zero-order valence-corrected chi connectivity index (χ0v) is 14.0. The Morgan fingerprint density at radius 3 is 2.79 bits per heavy atom. The van der Waals surface area contributed by atoms with Crippen molar-refractivity contribution in [2.45, 2.75) is 33.1 Å². The van der Waals surface area contributed by atoms with Gasteiger partial charge in [-0.2, -0.15) is 0 Å². The second kappa shape index (κ2) is 6.63. The molecule has 1 aliphatic rings. The minimum atomic E-state index is -0.230. The molecule has 1 amide bonds. The topological polar surface area (TPSA) is 69.0 Å². The number of aromatic amines is 2. The second-order valence-corrected chi connectivity index (χ2v) is 6.64. The zero-order chi connectivity index (χ0) is 17.3. The highest BCUT2D eigenvalue weighted by Gasteiger charge is 2.27.